The molecule has 1 aliphatic heterocycles. The standard InChI is InChI=1S/C31H35N5O3/c1-20-6-4-5-7-26(20)33-30(39)32-24-11-8-22(9-12-24)31(2,3)23-10-13-25-27(18-23)34-35-29(25)21-14-16-36(17-15-21)19-28(37)38/h4-13,18,21H,14-17,19H2,1-3H3,(H,34,35)(H,37,38)(H2,32,33,39). The zero-order valence-corrected chi connectivity index (χ0v) is 22.6. The summed E-state index contributed by atoms with van der Waals surface area (Å²) in [6.45, 7) is 8.00. The summed E-state index contributed by atoms with van der Waals surface area (Å²) in [5, 5.41) is 23.9. The van der Waals surface area contributed by atoms with Crippen molar-refractivity contribution in [2.24, 2.45) is 0 Å². The number of carboxylic acids is 1. The van der Waals surface area contributed by atoms with Gasteiger partial charge in [-0.3, -0.25) is 14.8 Å². The van der Waals surface area contributed by atoms with E-state index in [9.17, 15) is 9.59 Å². The van der Waals surface area contributed by atoms with Crippen LogP contribution >= 0.6 is 0 Å². The lowest BCUT2D eigenvalue weighted by Crippen LogP contribution is -2.36. The van der Waals surface area contributed by atoms with Gasteiger partial charge in [0.05, 0.1) is 12.1 Å². The van der Waals surface area contributed by atoms with Gasteiger partial charge in [0.15, 0.2) is 0 Å². The smallest absolute Gasteiger partial charge is 0.323 e. The van der Waals surface area contributed by atoms with Crippen molar-refractivity contribution in [2.45, 2.75) is 44.9 Å². The van der Waals surface area contributed by atoms with Crippen LogP contribution in [0, 0.1) is 6.92 Å². The number of anilines is 2. The van der Waals surface area contributed by atoms with Crippen LogP contribution in [0.15, 0.2) is 66.7 Å². The van der Waals surface area contributed by atoms with Crippen LogP contribution in [0.2, 0.25) is 0 Å². The van der Waals surface area contributed by atoms with Gasteiger partial charge in [-0.05, 0) is 73.8 Å². The van der Waals surface area contributed by atoms with Crippen molar-refractivity contribution in [1.82, 2.24) is 15.1 Å². The number of amides is 2. The highest BCUT2D eigenvalue weighted by Crippen LogP contribution is 2.36. The first-order valence-corrected chi connectivity index (χ1v) is 13.4. The third-order valence-electron chi connectivity index (χ3n) is 7.92. The van der Waals surface area contributed by atoms with Gasteiger partial charge in [0.2, 0.25) is 0 Å². The number of aliphatic carboxylic acids is 1. The molecule has 4 aromatic rings. The molecule has 1 aromatic heterocycles. The van der Waals surface area contributed by atoms with E-state index >= 15 is 0 Å². The molecule has 8 heteroatoms. The van der Waals surface area contributed by atoms with Gasteiger partial charge in [-0.25, -0.2) is 4.79 Å². The minimum Gasteiger partial charge on any atom is -0.480 e. The van der Waals surface area contributed by atoms with E-state index in [1.54, 1.807) is 0 Å². The van der Waals surface area contributed by atoms with Crippen LogP contribution in [0.1, 0.15) is 55.0 Å². The highest BCUT2D eigenvalue weighted by Gasteiger charge is 2.27. The number of hydrogen-bond donors (Lipinski definition) is 4. The van der Waals surface area contributed by atoms with Gasteiger partial charge in [-0.2, -0.15) is 5.10 Å². The van der Waals surface area contributed by atoms with Crippen molar-refractivity contribution in [3.05, 3.63) is 89.1 Å². The fraction of sp³-hybridized carbons (Fsp3) is 0.323. The highest BCUT2D eigenvalue weighted by atomic mass is 16.4. The molecule has 39 heavy (non-hydrogen) atoms. The second kappa shape index (κ2) is 10.9. The number of para-hydroxylation sites is 1. The largest absolute Gasteiger partial charge is 0.480 e. The predicted octanol–water partition coefficient (Wildman–Crippen LogP) is 6.11. The Morgan fingerprint density at radius 1 is 1.00 bits per heavy atom. The van der Waals surface area contributed by atoms with Crippen LogP contribution in [0.3, 0.4) is 0 Å². The maximum atomic E-state index is 12.5. The molecule has 4 N–H and O–H groups in total. The number of aromatic amines is 1. The molecule has 3 aromatic carbocycles. The van der Waals surface area contributed by atoms with E-state index in [1.807, 2.05) is 48.2 Å². The zero-order valence-electron chi connectivity index (χ0n) is 22.6. The summed E-state index contributed by atoms with van der Waals surface area (Å²) < 4.78 is 0. The number of nitrogens with zero attached hydrogens (tertiary/aromatic N) is 2. The van der Waals surface area contributed by atoms with Gasteiger partial charge in [-0.1, -0.05) is 56.3 Å². The van der Waals surface area contributed by atoms with Crippen LogP contribution in [-0.2, 0) is 10.2 Å². The van der Waals surface area contributed by atoms with E-state index in [1.165, 1.54) is 0 Å². The normalized spacial score (nSPS) is 14.8. The van der Waals surface area contributed by atoms with Crippen molar-refractivity contribution in [3.8, 4) is 0 Å². The molecular weight excluding hydrogens is 490 g/mol. The van der Waals surface area contributed by atoms with E-state index in [-0.39, 0.29) is 18.0 Å². The van der Waals surface area contributed by atoms with Gasteiger partial charge in [0.1, 0.15) is 0 Å². The van der Waals surface area contributed by atoms with Gasteiger partial charge >= 0.3 is 12.0 Å². The Bertz CT molecular complexity index is 1480. The number of carboxylic acid groups (broad SMARTS) is 1. The summed E-state index contributed by atoms with van der Waals surface area (Å²) >= 11 is 0. The monoisotopic (exact) mass is 525 g/mol. The van der Waals surface area contributed by atoms with Crippen molar-refractivity contribution >= 4 is 34.3 Å². The fourth-order valence-corrected chi connectivity index (χ4v) is 5.44. The Balaban J connectivity index is 1.26. The number of fused-ring (bicyclic) bond motifs is 1. The molecule has 1 aliphatic rings. The van der Waals surface area contributed by atoms with E-state index in [2.05, 4.69) is 65.0 Å². The van der Waals surface area contributed by atoms with Crippen LogP contribution in [-0.4, -0.2) is 51.8 Å². The number of urea groups is 1. The number of aryl methyl sites for hydroxylation is 1. The summed E-state index contributed by atoms with van der Waals surface area (Å²) in [6, 6.07) is 21.8. The number of carbonyl (C=O) groups excluding carboxylic acids is 1. The van der Waals surface area contributed by atoms with E-state index in [4.69, 9.17) is 5.11 Å². The van der Waals surface area contributed by atoms with Gasteiger partial charge in [-0.15, -0.1) is 0 Å². The number of piperidine rings is 1. The second-order valence-corrected chi connectivity index (χ2v) is 10.9. The molecule has 0 spiro atoms. The minimum atomic E-state index is -0.773. The summed E-state index contributed by atoms with van der Waals surface area (Å²) in [4.78, 5) is 25.5. The topological polar surface area (TPSA) is 110 Å². The number of hydrogen-bond acceptors (Lipinski definition) is 4. The van der Waals surface area contributed by atoms with Gasteiger partial charge < -0.3 is 15.7 Å². The van der Waals surface area contributed by atoms with Crippen LogP contribution in [0.5, 0.6) is 0 Å². The first-order chi connectivity index (χ1) is 18.7. The van der Waals surface area contributed by atoms with Crippen LogP contribution in [0.25, 0.3) is 10.9 Å². The second-order valence-electron chi connectivity index (χ2n) is 10.9. The minimum absolute atomic E-state index is 0.104. The molecule has 2 heterocycles. The number of nitrogens with one attached hydrogen (secondary N) is 3. The molecule has 0 radical (unpaired) electrons. The summed E-state index contributed by atoms with van der Waals surface area (Å²) in [6.07, 6.45) is 1.84. The zero-order chi connectivity index (χ0) is 27.6. The lowest BCUT2D eigenvalue weighted by molar-refractivity contribution is -0.138. The van der Waals surface area contributed by atoms with Crippen molar-refractivity contribution in [1.29, 1.82) is 0 Å². The molecule has 0 bridgehead atoms. The molecule has 1 fully saturated rings. The summed E-state index contributed by atoms with van der Waals surface area (Å²) in [5.41, 5.74) is 6.62. The Morgan fingerprint density at radius 2 is 1.69 bits per heavy atom. The molecule has 8 nitrogen and oxygen atoms in total. The molecule has 0 saturated carbocycles. The number of H-pyrrole nitrogens is 1. The maximum absolute atomic E-state index is 12.5. The summed E-state index contributed by atoms with van der Waals surface area (Å²) in [5.74, 6) is -0.424. The molecule has 0 aliphatic carbocycles. The molecule has 5 rings (SSSR count). The fourth-order valence-electron chi connectivity index (χ4n) is 5.44. The highest BCUT2D eigenvalue weighted by molar-refractivity contribution is 6.00. The molecule has 2 amide bonds. The quantitative estimate of drug-likeness (QED) is 0.233. The van der Waals surface area contributed by atoms with E-state index in [0.717, 1.165) is 70.6 Å². The Hall–Kier alpha value is -4.17. The number of benzene rings is 3. The number of likely N-dealkylation sites (tertiary alicyclic amines) is 1. The number of rotatable bonds is 7. The molecule has 0 unspecified atom stereocenters. The Kier molecular flexibility index (Phi) is 7.39. The third-order valence-corrected chi connectivity index (χ3v) is 7.92. The first kappa shape index (κ1) is 26.4. The SMILES string of the molecule is Cc1ccccc1NC(=O)Nc1ccc(C(C)(C)c2ccc3c(C4CCN(CC(=O)O)CC4)[nH]nc3c2)cc1. The first-order valence-electron chi connectivity index (χ1n) is 13.4. The predicted molar refractivity (Wildman–Crippen MR) is 155 cm³/mol. The third kappa shape index (κ3) is 5.81. The van der Waals surface area contributed by atoms with E-state index < -0.39 is 5.97 Å². The van der Waals surface area contributed by atoms with Crippen molar-refractivity contribution < 1.29 is 14.7 Å². The maximum Gasteiger partial charge on any atom is 0.323 e. The van der Waals surface area contributed by atoms with Crippen molar-refractivity contribution in [2.75, 3.05) is 30.3 Å². The number of aromatic nitrogens is 2. The lowest BCUT2D eigenvalue weighted by atomic mass is 9.77. The van der Waals surface area contributed by atoms with Crippen LogP contribution in [0.4, 0.5) is 16.2 Å². The van der Waals surface area contributed by atoms with Gasteiger partial charge in [0.25, 0.3) is 0 Å². The van der Waals surface area contributed by atoms with Gasteiger partial charge in [0, 0.05) is 33.8 Å². The van der Waals surface area contributed by atoms with Crippen molar-refractivity contribution in [3.63, 3.8) is 0 Å². The van der Waals surface area contributed by atoms with Crippen LogP contribution < -0.4 is 10.6 Å². The average Bonchev–Trinajstić information content (AvgIpc) is 3.34. The molecule has 0 atom stereocenters. The molecule has 1 saturated heterocycles. The Morgan fingerprint density at radius 3 is 2.38 bits per heavy atom. The van der Waals surface area contributed by atoms with E-state index in [0.29, 0.717) is 5.92 Å². The lowest BCUT2D eigenvalue weighted by Gasteiger charge is -2.30. The number of carbonyl (C=O) groups is 2. The summed E-state index contributed by atoms with van der Waals surface area (Å²) in [7, 11) is 0. The Labute approximate surface area is 228 Å². The average molecular weight is 526 g/mol. The molecule has 202 valence electrons. The molecular formula is C31H35N5O3.